The molecule has 0 aromatic rings. The van der Waals surface area contributed by atoms with Gasteiger partial charge in [-0.1, -0.05) is 0 Å². The summed E-state index contributed by atoms with van der Waals surface area (Å²) in [6.07, 6.45) is 0. The predicted molar refractivity (Wildman–Crippen MR) is 92.3 cm³/mol. The summed E-state index contributed by atoms with van der Waals surface area (Å²) in [5, 5.41) is 17.4. The molecule has 0 spiro atoms. The van der Waals surface area contributed by atoms with Gasteiger partial charge in [0.15, 0.2) is 0 Å². The van der Waals surface area contributed by atoms with Crippen molar-refractivity contribution < 1.29 is 33.9 Å². The van der Waals surface area contributed by atoms with E-state index < -0.39 is 63.7 Å². The Morgan fingerprint density at radius 3 is 1.89 bits per heavy atom. The number of hydrogen-bond acceptors (Lipinski definition) is 8. The van der Waals surface area contributed by atoms with Crippen molar-refractivity contribution in [3.63, 3.8) is 0 Å². The number of nitrogens with two attached hydrogens (primary N) is 2. The molecule has 152 valence electrons. The van der Waals surface area contributed by atoms with Gasteiger partial charge in [0.2, 0.25) is 0 Å². The number of carboxylic acids is 1. The van der Waals surface area contributed by atoms with Crippen LogP contribution in [0.15, 0.2) is 0 Å². The van der Waals surface area contributed by atoms with Gasteiger partial charge < -0.3 is 0 Å². The number of amides is 4. The summed E-state index contributed by atoms with van der Waals surface area (Å²) in [6.45, 7) is -1.96. The van der Waals surface area contributed by atoms with E-state index in [1.54, 1.807) is 0 Å². The van der Waals surface area contributed by atoms with Crippen LogP contribution in [0.5, 0.6) is 0 Å². The third-order valence-electron chi connectivity index (χ3n) is 2.72. The van der Waals surface area contributed by atoms with Gasteiger partial charge in [-0.05, 0) is 0 Å². The van der Waals surface area contributed by atoms with Crippen LogP contribution in [0.1, 0.15) is 0 Å². The molecule has 0 saturated carbocycles. The molecule has 0 heterocycles. The molecular formula is C13H22N6O7Se. The molecule has 0 aromatic heterocycles. The molecule has 0 aliphatic carbocycles. The number of carbonyl (C=O) groups excluding carboxylic acids is 5. The number of aliphatic carboxylic acids is 1. The third-order valence-corrected chi connectivity index (χ3v) is 4.75. The van der Waals surface area contributed by atoms with Gasteiger partial charge >= 0.3 is 160 Å². The molecule has 0 aliphatic rings. The molecule has 0 rings (SSSR count). The fourth-order valence-electron chi connectivity index (χ4n) is 1.44. The first-order chi connectivity index (χ1) is 12.7. The number of nitrogens with one attached hydrogen (secondary N) is 4. The molecule has 0 fully saturated rings. The van der Waals surface area contributed by atoms with E-state index in [1.807, 2.05) is 0 Å². The molecule has 0 bridgehead atoms. The molecule has 0 aliphatic heterocycles. The van der Waals surface area contributed by atoms with Crippen molar-refractivity contribution in [2.24, 2.45) is 11.5 Å². The van der Waals surface area contributed by atoms with Gasteiger partial charge in [0, 0.05) is 0 Å². The van der Waals surface area contributed by atoms with E-state index in [9.17, 15) is 28.8 Å². The summed E-state index contributed by atoms with van der Waals surface area (Å²) in [4.78, 5) is 68.2. The first kappa shape index (κ1) is 24.5. The molecule has 4 amide bonds. The van der Waals surface area contributed by atoms with Gasteiger partial charge in [-0.25, -0.2) is 0 Å². The van der Waals surface area contributed by atoms with Crippen LogP contribution in [0, 0.1) is 0 Å². The van der Waals surface area contributed by atoms with Crippen molar-refractivity contribution in [3.8, 4) is 0 Å². The van der Waals surface area contributed by atoms with E-state index in [0.717, 1.165) is 0 Å². The second-order valence-corrected chi connectivity index (χ2v) is 7.14. The molecule has 0 radical (unpaired) electrons. The summed E-state index contributed by atoms with van der Waals surface area (Å²) in [5.74, 6) is -3.89. The number of hydrogen-bond donors (Lipinski definition) is 7. The van der Waals surface area contributed by atoms with Crippen molar-refractivity contribution >= 4 is 49.2 Å². The molecule has 1 atom stereocenters. The quantitative estimate of drug-likeness (QED) is 0.132. The summed E-state index contributed by atoms with van der Waals surface area (Å²) in [7, 11) is 0. The van der Waals surface area contributed by atoms with E-state index >= 15 is 0 Å². The summed E-state index contributed by atoms with van der Waals surface area (Å²) >= 11 is -0.791. The topological polar surface area (TPSA) is 223 Å². The Kier molecular flexibility index (Phi) is 12.4. The third kappa shape index (κ3) is 12.4. The van der Waals surface area contributed by atoms with Crippen LogP contribution >= 0.6 is 0 Å². The molecule has 0 saturated heterocycles. The number of carboxylic acid groups (broad SMARTS) is 1. The SMILES string of the molecule is NCC(=O)NCC(=O)N[C@@H](C[Se]C(=O)CNC(=O)CN)C(=O)NCC(=O)O. The summed E-state index contributed by atoms with van der Waals surface area (Å²) in [5.41, 5.74) is 10.2. The van der Waals surface area contributed by atoms with Crippen LogP contribution in [-0.2, 0) is 28.8 Å². The van der Waals surface area contributed by atoms with Crippen LogP contribution in [0.2, 0.25) is 5.32 Å². The van der Waals surface area contributed by atoms with Gasteiger partial charge in [-0.15, -0.1) is 0 Å². The fourth-order valence-corrected chi connectivity index (χ4v) is 3.03. The molecule has 27 heavy (non-hydrogen) atoms. The normalized spacial score (nSPS) is 11.0. The van der Waals surface area contributed by atoms with E-state index in [1.165, 1.54) is 0 Å². The zero-order chi connectivity index (χ0) is 20.8. The first-order valence-corrected chi connectivity index (χ1v) is 9.64. The van der Waals surface area contributed by atoms with Gasteiger partial charge in [0.25, 0.3) is 0 Å². The first-order valence-electron chi connectivity index (χ1n) is 7.57. The Labute approximate surface area is 160 Å². The molecule has 14 heteroatoms. The number of carbonyl (C=O) groups is 6. The van der Waals surface area contributed by atoms with Crippen molar-refractivity contribution in [3.05, 3.63) is 0 Å². The van der Waals surface area contributed by atoms with Crippen molar-refractivity contribution in [2.75, 3.05) is 32.7 Å². The Morgan fingerprint density at radius 1 is 0.815 bits per heavy atom. The van der Waals surface area contributed by atoms with Crippen molar-refractivity contribution in [1.29, 1.82) is 0 Å². The van der Waals surface area contributed by atoms with Crippen LogP contribution in [-0.4, -0.2) is 93.1 Å². The minimum absolute atomic E-state index is 0.0770. The molecule has 0 unspecified atom stereocenters. The van der Waals surface area contributed by atoms with E-state index in [4.69, 9.17) is 16.6 Å². The monoisotopic (exact) mass is 454 g/mol. The zero-order valence-corrected chi connectivity index (χ0v) is 16.0. The fraction of sp³-hybridized carbons (Fsp3) is 0.538. The Morgan fingerprint density at radius 2 is 1.37 bits per heavy atom. The van der Waals surface area contributed by atoms with Gasteiger partial charge in [0.05, 0.1) is 0 Å². The minimum atomic E-state index is -1.28. The maximum atomic E-state index is 12.0. The van der Waals surface area contributed by atoms with Crippen LogP contribution in [0.4, 0.5) is 0 Å². The molecule has 0 aromatic carbocycles. The zero-order valence-electron chi connectivity index (χ0n) is 14.3. The summed E-state index contributed by atoms with van der Waals surface area (Å²) < 4.78 is -0.356. The van der Waals surface area contributed by atoms with Crippen molar-refractivity contribution in [1.82, 2.24) is 21.3 Å². The Hall–Kier alpha value is -2.54. The molecular weight excluding hydrogens is 431 g/mol. The maximum absolute atomic E-state index is 12.0. The van der Waals surface area contributed by atoms with Gasteiger partial charge in [-0.3, -0.25) is 0 Å². The summed E-state index contributed by atoms with van der Waals surface area (Å²) in [6, 6.07) is -1.18. The molecule has 13 nitrogen and oxygen atoms in total. The Balaban J connectivity index is 4.68. The van der Waals surface area contributed by atoms with Crippen LogP contribution in [0.3, 0.4) is 0 Å². The molecule has 9 N–H and O–H groups in total. The van der Waals surface area contributed by atoms with Crippen LogP contribution < -0.4 is 32.7 Å². The van der Waals surface area contributed by atoms with Gasteiger partial charge in [0.1, 0.15) is 0 Å². The average Bonchev–Trinajstić information content (AvgIpc) is 2.64. The van der Waals surface area contributed by atoms with Crippen molar-refractivity contribution in [2.45, 2.75) is 11.4 Å². The van der Waals surface area contributed by atoms with Crippen LogP contribution in [0.25, 0.3) is 0 Å². The van der Waals surface area contributed by atoms with E-state index in [0.29, 0.717) is 0 Å². The Bertz CT molecular complexity index is 586. The second kappa shape index (κ2) is 13.6. The van der Waals surface area contributed by atoms with E-state index in [2.05, 4.69) is 21.3 Å². The predicted octanol–water partition coefficient (Wildman–Crippen LogP) is -5.53. The van der Waals surface area contributed by atoms with Gasteiger partial charge in [-0.2, -0.15) is 0 Å². The van der Waals surface area contributed by atoms with E-state index in [-0.39, 0.29) is 29.6 Å². The standard InChI is InChI=1S/C13H22N6O7Se/c14-1-8(20)16-3-10(22)19-7(13(26)18-4-11(23)24)6-27-12(25)5-17-9(21)2-15/h7H,1-6,14-15H2,(H,16,20)(H,17,21)(H,18,26)(H,19,22)(H,23,24)/t7-/m0/s1. The average molecular weight is 453 g/mol. The number of rotatable bonds is 13. The second-order valence-electron chi connectivity index (χ2n) is 4.88.